The van der Waals surface area contributed by atoms with Crippen LogP contribution in [0.4, 0.5) is 11.4 Å². The molecule has 2 amide bonds. The first kappa shape index (κ1) is 20.6. The first-order valence-corrected chi connectivity index (χ1v) is 10.4. The highest BCUT2D eigenvalue weighted by Gasteiger charge is 2.31. The van der Waals surface area contributed by atoms with Crippen molar-refractivity contribution < 1.29 is 26.4 Å². The van der Waals surface area contributed by atoms with Crippen molar-refractivity contribution in [2.45, 2.75) is 23.6 Å². The van der Waals surface area contributed by atoms with Gasteiger partial charge >= 0.3 is 0 Å². The zero-order valence-electron chi connectivity index (χ0n) is 14.3. The van der Waals surface area contributed by atoms with Crippen LogP contribution in [0.2, 0.25) is 0 Å². The summed E-state index contributed by atoms with van der Waals surface area (Å²) >= 11 is 0. The van der Waals surface area contributed by atoms with E-state index in [0.717, 1.165) is 12.1 Å². The summed E-state index contributed by atoms with van der Waals surface area (Å²) < 4.78 is 53.3. The molecule has 143 valence electrons. The Bertz CT molecular complexity index is 1010. The summed E-state index contributed by atoms with van der Waals surface area (Å²) in [6.07, 6.45) is 0. The summed E-state index contributed by atoms with van der Waals surface area (Å²) in [5.41, 5.74) is -0.196. The smallest absolute Gasteiger partial charge is 0.273 e. The van der Waals surface area contributed by atoms with Crippen molar-refractivity contribution in [2.75, 3.05) is 10.6 Å². The van der Waals surface area contributed by atoms with Crippen LogP contribution >= 0.6 is 0 Å². The van der Waals surface area contributed by atoms with Gasteiger partial charge in [-0.2, -0.15) is 0 Å². The molecule has 0 atom stereocenters. The predicted octanol–water partition coefficient (Wildman–Crippen LogP) is 1.29. The van der Waals surface area contributed by atoms with E-state index >= 15 is 0 Å². The van der Waals surface area contributed by atoms with Gasteiger partial charge in [-0.05, 0) is 24.3 Å². The molecule has 9 nitrogen and oxygen atoms in total. The van der Waals surface area contributed by atoms with Crippen LogP contribution in [0, 0.1) is 0 Å². The highest BCUT2D eigenvalue weighted by Crippen LogP contribution is 2.26. The van der Waals surface area contributed by atoms with Crippen molar-refractivity contribution in [1.82, 2.24) is 4.13 Å². The Balaban J connectivity index is 2.47. The minimum atomic E-state index is -4.68. The molecular weight excluding hydrogens is 394 g/mol. The fourth-order valence-electron chi connectivity index (χ4n) is 2.18. The lowest BCUT2D eigenvalue weighted by Gasteiger charge is -2.12. The minimum Gasteiger partial charge on any atom is -0.325 e. The monoisotopic (exact) mass is 410 g/mol. The summed E-state index contributed by atoms with van der Waals surface area (Å²) in [5.74, 6) is -1.06. The number of hydrogen-bond donors (Lipinski definition) is 2. The van der Waals surface area contributed by atoms with Gasteiger partial charge in [0.2, 0.25) is 11.8 Å². The van der Waals surface area contributed by atoms with Crippen LogP contribution in [-0.4, -0.2) is 28.6 Å². The van der Waals surface area contributed by atoms with Gasteiger partial charge in [0.1, 0.15) is 9.79 Å². The molecule has 0 saturated heterocycles. The Labute approximate surface area is 156 Å². The number of rotatable bonds is 6. The van der Waals surface area contributed by atoms with E-state index in [1.807, 2.05) is 0 Å². The van der Waals surface area contributed by atoms with E-state index in [2.05, 4.69) is 14.8 Å². The van der Waals surface area contributed by atoms with Crippen molar-refractivity contribution in [3.8, 4) is 0 Å². The highest BCUT2D eigenvalue weighted by molar-refractivity contribution is 8.04. The Morgan fingerprint density at radius 3 is 1.37 bits per heavy atom. The number of carbonyl (C=O) groups excluding carboxylic acids is 2. The van der Waals surface area contributed by atoms with Crippen LogP contribution in [0.1, 0.15) is 13.8 Å². The predicted molar refractivity (Wildman–Crippen MR) is 98.0 cm³/mol. The van der Waals surface area contributed by atoms with Crippen LogP contribution < -0.4 is 14.8 Å². The molecule has 2 N–H and O–H groups in total. The summed E-state index contributed by atoms with van der Waals surface area (Å²) in [6, 6.07) is 10.6. The molecule has 0 saturated carbocycles. The molecule has 11 heteroatoms. The minimum absolute atomic E-state index is 0.0981. The molecule has 0 spiro atoms. The zero-order chi connectivity index (χ0) is 20.2. The van der Waals surface area contributed by atoms with Gasteiger partial charge in [0, 0.05) is 18.0 Å². The Kier molecular flexibility index (Phi) is 5.98. The first-order chi connectivity index (χ1) is 12.5. The van der Waals surface area contributed by atoms with Crippen LogP contribution in [0.25, 0.3) is 0 Å². The standard InChI is InChI=1S/C16H16N3O6S2/c1-11(20)17-13-7-3-5-9-15(13)26(22,23)19-27(24,25)16-10-6-4-8-14(16)18-12(2)21/h3-10H,1-2H3,(H,17,20)(H,18,21). The van der Waals surface area contributed by atoms with Gasteiger partial charge in [-0.3, -0.25) is 9.59 Å². The molecular formula is C16H16N3O6S2. The number of sulfonamides is 2. The molecule has 27 heavy (non-hydrogen) atoms. The number of nitrogens with one attached hydrogen (secondary N) is 2. The molecule has 2 aromatic rings. The van der Waals surface area contributed by atoms with E-state index in [1.165, 1.54) is 50.2 Å². The number of para-hydroxylation sites is 2. The summed E-state index contributed by atoms with van der Waals surface area (Å²) in [4.78, 5) is 21.6. The van der Waals surface area contributed by atoms with Gasteiger partial charge in [0.05, 0.1) is 11.4 Å². The molecule has 1 radical (unpaired) electrons. The molecule has 0 unspecified atom stereocenters. The maximum atomic E-state index is 12.6. The molecule has 2 aromatic carbocycles. The summed E-state index contributed by atoms with van der Waals surface area (Å²) in [5, 5.41) is 4.63. The van der Waals surface area contributed by atoms with E-state index < -0.39 is 41.7 Å². The Morgan fingerprint density at radius 1 is 0.704 bits per heavy atom. The van der Waals surface area contributed by atoms with Crippen molar-refractivity contribution in [2.24, 2.45) is 0 Å². The van der Waals surface area contributed by atoms with Gasteiger partial charge in [0.25, 0.3) is 20.0 Å². The van der Waals surface area contributed by atoms with E-state index in [1.54, 1.807) is 0 Å². The van der Waals surface area contributed by atoms with Gasteiger partial charge < -0.3 is 10.6 Å². The largest absolute Gasteiger partial charge is 0.325 e. The number of hydrogen-bond acceptors (Lipinski definition) is 6. The maximum Gasteiger partial charge on any atom is 0.273 e. The van der Waals surface area contributed by atoms with E-state index in [9.17, 15) is 26.4 Å². The van der Waals surface area contributed by atoms with E-state index in [-0.39, 0.29) is 11.4 Å². The molecule has 0 aromatic heterocycles. The average Bonchev–Trinajstić information content (AvgIpc) is 2.53. The van der Waals surface area contributed by atoms with Crippen molar-refractivity contribution in [1.29, 1.82) is 0 Å². The third-order valence-corrected chi connectivity index (χ3v) is 6.54. The third kappa shape index (κ3) is 5.12. The number of nitrogens with zero attached hydrogens (tertiary/aromatic N) is 1. The number of amides is 2. The fourth-order valence-corrected chi connectivity index (χ4v) is 5.15. The van der Waals surface area contributed by atoms with E-state index in [0.29, 0.717) is 0 Å². The lowest BCUT2D eigenvalue weighted by Crippen LogP contribution is -2.26. The normalized spacial score (nSPS) is 11.6. The van der Waals surface area contributed by atoms with Crippen LogP contribution in [0.3, 0.4) is 0 Å². The second kappa shape index (κ2) is 7.86. The highest BCUT2D eigenvalue weighted by atomic mass is 32.3. The zero-order valence-corrected chi connectivity index (χ0v) is 16.0. The van der Waals surface area contributed by atoms with Gasteiger partial charge in [0.15, 0.2) is 0 Å². The summed E-state index contributed by atoms with van der Waals surface area (Å²) in [7, 11) is -9.36. The molecule has 0 aliphatic carbocycles. The molecule has 0 bridgehead atoms. The molecule has 0 aliphatic heterocycles. The van der Waals surface area contributed by atoms with Gasteiger partial charge in [-0.25, -0.2) is 16.8 Å². The number of benzene rings is 2. The van der Waals surface area contributed by atoms with Crippen molar-refractivity contribution in [3.05, 3.63) is 48.5 Å². The number of carbonyl (C=O) groups is 2. The third-order valence-electron chi connectivity index (χ3n) is 3.15. The topological polar surface area (TPSA) is 141 Å². The number of anilines is 2. The van der Waals surface area contributed by atoms with Crippen molar-refractivity contribution in [3.63, 3.8) is 0 Å². The van der Waals surface area contributed by atoms with Gasteiger partial charge in [-0.15, -0.1) is 0 Å². The average molecular weight is 410 g/mol. The Morgan fingerprint density at radius 2 is 1.04 bits per heavy atom. The van der Waals surface area contributed by atoms with Crippen LogP contribution in [-0.2, 0) is 29.6 Å². The van der Waals surface area contributed by atoms with Gasteiger partial charge in [-0.1, -0.05) is 24.3 Å². The second-order valence-corrected chi connectivity index (χ2v) is 8.76. The lowest BCUT2D eigenvalue weighted by atomic mass is 10.3. The molecule has 2 rings (SSSR count). The second-order valence-electron chi connectivity index (χ2n) is 5.38. The lowest BCUT2D eigenvalue weighted by molar-refractivity contribution is -0.115. The molecule has 0 aliphatic rings. The molecule has 0 heterocycles. The SMILES string of the molecule is CC(=O)Nc1ccccc1S(=O)(=O)[N]S(=O)(=O)c1ccccc1NC(C)=O. The summed E-state index contributed by atoms with van der Waals surface area (Å²) in [6.45, 7) is 2.36. The maximum absolute atomic E-state index is 12.6. The Hall–Kier alpha value is -2.76. The van der Waals surface area contributed by atoms with Crippen LogP contribution in [0.5, 0.6) is 0 Å². The first-order valence-electron chi connectivity index (χ1n) is 7.50. The fraction of sp³-hybridized carbons (Fsp3) is 0.125. The van der Waals surface area contributed by atoms with Crippen LogP contribution in [0.15, 0.2) is 58.3 Å². The van der Waals surface area contributed by atoms with Crippen molar-refractivity contribution >= 4 is 43.2 Å². The van der Waals surface area contributed by atoms with E-state index in [4.69, 9.17) is 0 Å². The quantitative estimate of drug-likeness (QED) is 0.735. The molecule has 0 fully saturated rings.